The molecular formula is C11H21N3O3. The zero-order valence-corrected chi connectivity index (χ0v) is 10.7. The van der Waals surface area contributed by atoms with Gasteiger partial charge >= 0.3 is 6.09 Å². The molecule has 0 aromatic carbocycles. The van der Waals surface area contributed by atoms with Crippen molar-refractivity contribution in [2.75, 3.05) is 40.8 Å². The summed E-state index contributed by atoms with van der Waals surface area (Å²) in [5.41, 5.74) is 0. The molecule has 0 aromatic heterocycles. The maximum absolute atomic E-state index is 11.9. The molecule has 2 amide bonds. The lowest BCUT2D eigenvalue weighted by molar-refractivity contribution is -0.125. The van der Waals surface area contributed by atoms with Gasteiger partial charge in [0.2, 0.25) is 5.91 Å². The molecule has 0 bridgehead atoms. The second-order valence-electron chi connectivity index (χ2n) is 4.42. The summed E-state index contributed by atoms with van der Waals surface area (Å²) in [6.07, 6.45) is 1.14. The fourth-order valence-corrected chi connectivity index (χ4v) is 1.90. The number of amides is 2. The largest absolute Gasteiger partial charge is 0.453 e. The molecule has 0 spiro atoms. The van der Waals surface area contributed by atoms with E-state index in [1.54, 1.807) is 0 Å². The fourth-order valence-electron chi connectivity index (χ4n) is 1.90. The molecule has 0 saturated carbocycles. The van der Waals surface area contributed by atoms with E-state index in [2.05, 4.69) is 10.1 Å². The van der Waals surface area contributed by atoms with Gasteiger partial charge in [0.15, 0.2) is 0 Å². The number of nitrogens with one attached hydrogen (secondary N) is 1. The van der Waals surface area contributed by atoms with E-state index in [-0.39, 0.29) is 11.9 Å². The van der Waals surface area contributed by atoms with E-state index in [1.807, 2.05) is 19.0 Å². The lowest BCUT2D eigenvalue weighted by Crippen LogP contribution is -2.47. The molecule has 1 aliphatic heterocycles. The Morgan fingerprint density at radius 1 is 1.47 bits per heavy atom. The van der Waals surface area contributed by atoms with Gasteiger partial charge in [0.25, 0.3) is 0 Å². The second-order valence-corrected chi connectivity index (χ2v) is 4.42. The van der Waals surface area contributed by atoms with E-state index in [0.29, 0.717) is 19.5 Å². The number of hydrogen-bond donors (Lipinski definition) is 1. The number of hydrogen-bond acceptors (Lipinski definition) is 4. The fraction of sp³-hybridized carbons (Fsp3) is 0.818. The first-order valence-corrected chi connectivity index (χ1v) is 5.83. The summed E-state index contributed by atoms with van der Waals surface area (Å²) in [6, 6.07) is -0.371. The minimum atomic E-state index is -0.421. The number of methoxy groups -OCH3 is 1. The third kappa shape index (κ3) is 3.89. The number of carbonyl (C=O) groups is 2. The lowest BCUT2D eigenvalue weighted by atomic mass is 10.2. The first kappa shape index (κ1) is 13.8. The Bertz CT molecular complexity index is 281. The van der Waals surface area contributed by atoms with Gasteiger partial charge in [0.05, 0.1) is 7.11 Å². The van der Waals surface area contributed by atoms with E-state index in [0.717, 1.165) is 13.0 Å². The van der Waals surface area contributed by atoms with Crippen LogP contribution >= 0.6 is 0 Å². The molecule has 0 aliphatic carbocycles. The number of likely N-dealkylation sites (tertiary alicyclic amines) is 1. The van der Waals surface area contributed by atoms with Crippen molar-refractivity contribution < 1.29 is 14.3 Å². The molecular weight excluding hydrogens is 222 g/mol. The van der Waals surface area contributed by atoms with Crippen LogP contribution in [0, 0.1) is 0 Å². The zero-order chi connectivity index (χ0) is 12.8. The van der Waals surface area contributed by atoms with Gasteiger partial charge in [-0.1, -0.05) is 0 Å². The van der Waals surface area contributed by atoms with Crippen LogP contribution < -0.4 is 5.32 Å². The summed E-state index contributed by atoms with van der Waals surface area (Å²) in [6.45, 7) is 1.98. The van der Waals surface area contributed by atoms with Crippen molar-refractivity contribution in [3.05, 3.63) is 0 Å². The molecule has 1 N–H and O–H groups in total. The van der Waals surface area contributed by atoms with Crippen molar-refractivity contribution in [2.24, 2.45) is 0 Å². The predicted octanol–water partition coefficient (Wildman–Crippen LogP) is -0.105. The Kier molecular flexibility index (Phi) is 5.21. The maximum atomic E-state index is 11.9. The standard InChI is InChI=1S/C11H21N3O3/c1-13(2)8-6-12-10(15)9-5-4-7-14(9)11(16)17-3/h9H,4-8H2,1-3H3,(H,12,15). The van der Waals surface area contributed by atoms with Gasteiger partial charge in [0.1, 0.15) is 6.04 Å². The molecule has 1 aliphatic rings. The van der Waals surface area contributed by atoms with Crippen molar-refractivity contribution >= 4 is 12.0 Å². The summed E-state index contributed by atoms with van der Waals surface area (Å²) >= 11 is 0. The zero-order valence-electron chi connectivity index (χ0n) is 10.7. The van der Waals surface area contributed by atoms with Crippen molar-refractivity contribution in [1.82, 2.24) is 15.1 Å². The van der Waals surface area contributed by atoms with E-state index in [1.165, 1.54) is 12.0 Å². The van der Waals surface area contributed by atoms with Gasteiger partial charge in [-0.05, 0) is 26.9 Å². The van der Waals surface area contributed by atoms with Gasteiger partial charge in [-0.25, -0.2) is 4.79 Å². The normalized spacial score (nSPS) is 19.5. The van der Waals surface area contributed by atoms with Gasteiger partial charge in [-0.3, -0.25) is 9.69 Å². The molecule has 0 radical (unpaired) electrons. The van der Waals surface area contributed by atoms with Crippen LogP contribution in [0.4, 0.5) is 4.79 Å². The number of nitrogens with zero attached hydrogens (tertiary/aromatic N) is 2. The Labute approximate surface area is 102 Å². The highest BCUT2D eigenvalue weighted by molar-refractivity contribution is 5.86. The van der Waals surface area contributed by atoms with Crippen LogP contribution in [0.15, 0.2) is 0 Å². The van der Waals surface area contributed by atoms with E-state index in [4.69, 9.17) is 0 Å². The van der Waals surface area contributed by atoms with Gasteiger partial charge in [-0.2, -0.15) is 0 Å². The average Bonchev–Trinajstić information content (AvgIpc) is 2.76. The molecule has 1 fully saturated rings. The average molecular weight is 243 g/mol. The highest BCUT2D eigenvalue weighted by Crippen LogP contribution is 2.17. The molecule has 1 unspecified atom stereocenters. The van der Waals surface area contributed by atoms with Crippen LogP contribution in [0.5, 0.6) is 0 Å². The monoisotopic (exact) mass is 243 g/mol. The molecule has 1 heterocycles. The summed E-state index contributed by atoms with van der Waals surface area (Å²) in [4.78, 5) is 26.8. The quantitative estimate of drug-likeness (QED) is 0.748. The van der Waals surface area contributed by atoms with E-state index in [9.17, 15) is 9.59 Å². The summed E-state index contributed by atoms with van der Waals surface area (Å²) < 4.78 is 4.66. The van der Waals surface area contributed by atoms with Crippen molar-refractivity contribution in [2.45, 2.75) is 18.9 Å². The van der Waals surface area contributed by atoms with Crippen LogP contribution in [-0.2, 0) is 9.53 Å². The third-order valence-electron chi connectivity index (χ3n) is 2.82. The van der Waals surface area contributed by atoms with E-state index < -0.39 is 6.09 Å². The Balaban J connectivity index is 2.42. The number of carbonyl (C=O) groups excluding carboxylic acids is 2. The van der Waals surface area contributed by atoms with Crippen molar-refractivity contribution in [3.63, 3.8) is 0 Å². The highest BCUT2D eigenvalue weighted by atomic mass is 16.5. The summed E-state index contributed by atoms with van der Waals surface area (Å²) in [7, 11) is 5.23. The van der Waals surface area contributed by atoms with Crippen LogP contribution in [0.25, 0.3) is 0 Å². The van der Waals surface area contributed by atoms with Crippen LogP contribution in [0.2, 0.25) is 0 Å². The Morgan fingerprint density at radius 3 is 2.76 bits per heavy atom. The molecule has 1 atom stereocenters. The first-order valence-electron chi connectivity index (χ1n) is 5.83. The lowest BCUT2D eigenvalue weighted by Gasteiger charge is -2.22. The number of rotatable bonds is 4. The van der Waals surface area contributed by atoms with Crippen LogP contribution in [0.1, 0.15) is 12.8 Å². The highest BCUT2D eigenvalue weighted by Gasteiger charge is 2.34. The molecule has 0 aromatic rings. The smallest absolute Gasteiger partial charge is 0.410 e. The first-order chi connectivity index (χ1) is 8.06. The Hall–Kier alpha value is -1.30. The third-order valence-corrected chi connectivity index (χ3v) is 2.82. The molecule has 6 nitrogen and oxygen atoms in total. The van der Waals surface area contributed by atoms with Crippen LogP contribution in [-0.4, -0.2) is 68.7 Å². The van der Waals surface area contributed by atoms with E-state index >= 15 is 0 Å². The summed E-state index contributed by atoms with van der Waals surface area (Å²) in [5.74, 6) is -0.0882. The molecule has 17 heavy (non-hydrogen) atoms. The predicted molar refractivity (Wildman–Crippen MR) is 63.7 cm³/mol. The minimum Gasteiger partial charge on any atom is -0.453 e. The number of likely N-dealkylation sites (N-methyl/N-ethyl adjacent to an activating group) is 1. The summed E-state index contributed by atoms with van der Waals surface area (Å²) in [5, 5.41) is 2.83. The Morgan fingerprint density at radius 2 is 2.18 bits per heavy atom. The van der Waals surface area contributed by atoms with Crippen molar-refractivity contribution in [1.29, 1.82) is 0 Å². The minimum absolute atomic E-state index is 0.0882. The topological polar surface area (TPSA) is 61.9 Å². The maximum Gasteiger partial charge on any atom is 0.410 e. The number of ether oxygens (including phenoxy) is 1. The van der Waals surface area contributed by atoms with Crippen LogP contribution in [0.3, 0.4) is 0 Å². The van der Waals surface area contributed by atoms with Gasteiger partial charge < -0.3 is 15.0 Å². The second kappa shape index (κ2) is 6.44. The van der Waals surface area contributed by atoms with Gasteiger partial charge in [-0.15, -0.1) is 0 Å². The van der Waals surface area contributed by atoms with Crippen molar-refractivity contribution in [3.8, 4) is 0 Å². The molecule has 98 valence electrons. The molecule has 1 saturated heterocycles. The van der Waals surface area contributed by atoms with Gasteiger partial charge in [0, 0.05) is 19.6 Å². The molecule has 1 rings (SSSR count). The SMILES string of the molecule is COC(=O)N1CCCC1C(=O)NCCN(C)C. The molecule has 6 heteroatoms.